The summed E-state index contributed by atoms with van der Waals surface area (Å²) < 4.78 is 44.4. The van der Waals surface area contributed by atoms with Crippen LogP contribution < -0.4 is 10.6 Å². The molecule has 0 aliphatic heterocycles. The van der Waals surface area contributed by atoms with Crippen LogP contribution in [-0.2, 0) is 4.74 Å². The first kappa shape index (κ1) is 23.1. The Kier molecular flexibility index (Phi) is 6.05. The zero-order valence-corrected chi connectivity index (χ0v) is 18.9. The van der Waals surface area contributed by atoms with E-state index in [9.17, 15) is 18.0 Å². The summed E-state index contributed by atoms with van der Waals surface area (Å²) in [7, 11) is 1.71. The first-order valence-electron chi connectivity index (χ1n) is 11.3. The van der Waals surface area contributed by atoms with Crippen molar-refractivity contribution in [3.63, 3.8) is 0 Å². The lowest BCUT2D eigenvalue weighted by Crippen LogP contribution is -2.38. The molecule has 35 heavy (non-hydrogen) atoms. The van der Waals surface area contributed by atoms with Crippen molar-refractivity contribution in [2.45, 2.75) is 44.0 Å². The number of pyridine rings is 1. The number of nitrogens with one attached hydrogen (secondary N) is 3. The van der Waals surface area contributed by atoms with E-state index in [1.54, 1.807) is 30.2 Å². The van der Waals surface area contributed by atoms with E-state index in [0.717, 1.165) is 36.8 Å². The maximum absolute atomic E-state index is 13.0. The number of carbonyl (C=O) groups is 1. The molecule has 0 aromatic carbocycles. The van der Waals surface area contributed by atoms with E-state index in [2.05, 4.69) is 30.7 Å². The van der Waals surface area contributed by atoms with Crippen LogP contribution in [0.3, 0.4) is 0 Å². The lowest BCUT2D eigenvalue weighted by Gasteiger charge is -2.28. The second kappa shape index (κ2) is 9.17. The van der Waals surface area contributed by atoms with Crippen LogP contribution >= 0.6 is 0 Å². The summed E-state index contributed by atoms with van der Waals surface area (Å²) in [5, 5.41) is 10.2. The van der Waals surface area contributed by atoms with Crippen molar-refractivity contribution in [2.24, 2.45) is 0 Å². The molecule has 1 aliphatic rings. The maximum atomic E-state index is 13.0. The van der Waals surface area contributed by atoms with Gasteiger partial charge in [0.1, 0.15) is 12.2 Å². The number of hydrogen-bond donors (Lipinski definition) is 3. The highest BCUT2D eigenvalue weighted by Gasteiger charge is 2.27. The van der Waals surface area contributed by atoms with Gasteiger partial charge in [-0.05, 0) is 43.4 Å². The molecule has 0 radical (unpaired) electrons. The minimum atomic E-state index is -4.37. The predicted octanol–water partition coefficient (Wildman–Crippen LogP) is 3.93. The lowest BCUT2D eigenvalue weighted by atomic mass is 9.93. The number of aromatic amines is 1. The number of amides is 1. The first-order valence-corrected chi connectivity index (χ1v) is 11.3. The fourth-order valence-electron chi connectivity index (χ4n) is 4.44. The van der Waals surface area contributed by atoms with E-state index in [4.69, 9.17) is 4.74 Å². The molecule has 3 N–H and O–H groups in total. The number of ether oxygens (including phenoxy) is 1. The molecule has 0 unspecified atom stereocenters. The van der Waals surface area contributed by atoms with E-state index in [-0.39, 0.29) is 24.0 Å². The summed E-state index contributed by atoms with van der Waals surface area (Å²) in [6.07, 6.45) is 5.92. The van der Waals surface area contributed by atoms with Gasteiger partial charge in [0.15, 0.2) is 0 Å². The normalized spacial score (nSPS) is 18.7. The van der Waals surface area contributed by atoms with Crippen LogP contribution in [0.1, 0.15) is 36.0 Å². The SMILES string of the molecule is CO[C@H]1CC[C@H](NC(=O)c2cnn3ccc(-c4c[nH]c5nc(NCC(F)(F)F)ncc45)cc23)CC1. The largest absolute Gasteiger partial charge is 0.405 e. The fourth-order valence-corrected chi connectivity index (χ4v) is 4.44. The number of rotatable bonds is 6. The number of nitrogens with zero attached hydrogens (tertiary/aromatic N) is 4. The van der Waals surface area contributed by atoms with E-state index < -0.39 is 12.7 Å². The van der Waals surface area contributed by atoms with Gasteiger partial charge < -0.3 is 20.4 Å². The van der Waals surface area contributed by atoms with Crippen molar-refractivity contribution < 1.29 is 22.7 Å². The Labute approximate surface area is 198 Å². The predicted molar refractivity (Wildman–Crippen MR) is 123 cm³/mol. The van der Waals surface area contributed by atoms with Crippen LogP contribution in [0, 0.1) is 0 Å². The van der Waals surface area contributed by atoms with Crippen LogP contribution in [0.4, 0.5) is 19.1 Å². The molecule has 4 aromatic heterocycles. The molecule has 0 spiro atoms. The van der Waals surface area contributed by atoms with E-state index in [1.807, 2.05) is 12.1 Å². The number of H-pyrrole nitrogens is 1. The summed E-state index contributed by atoms with van der Waals surface area (Å²) in [6, 6.07) is 3.78. The summed E-state index contributed by atoms with van der Waals surface area (Å²) in [5.41, 5.74) is 3.06. The third kappa shape index (κ3) is 4.92. The van der Waals surface area contributed by atoms with Crippen LogP contribution in [0.5, 0.6) is 0 Å². The number of carbonyl (C=O) groups excluding carboxylic acids is 1. The van der Waals surface area contributed by atoms with E-state index >= 15 is 0 Å². The smallest absolute Gasteiger partial charge is 0.381 e. The third-order valence-electron chi connectivity index (χ3n) is 6.30. The second-order valence-corrected chi connectivity index (χ2v) is 8.61. The molecule has 5 rings (SSSR count). The number of alkyl halides is 3. The van der Waals surface area contributed by atoms with Gasteiger partial charge in [-0.2, -0.15) is 23.3 Å². The van der Waals surface area contributed by atoms with Gasteiger partial charge in [-0.25, -0.2) is 9.50 Å². The molecule has 12 heteroatoms. The van der Waals surface area contributed by atoms with Gasteiger partial charge in [-0.1, -0.05) is 0 Å². The Morgan fingerprint density at radius 1 is 1.26 bits per heavy atom. The summed E-state index contributed by atoms with van der Waals surface area (Å²) in [6.45, 7) is -1.22. The number of aromatic nitrogens is 5. The highest BCUT2D eigenvalue weighted by molar-refractivity contribution is 6.02. The van der Waals surface area contributed by atoms with Crippen molar-refractivity contribution in [1.82, 2.24) is 29.9 Å². The first-order chi connectivity index (χ1) is 16.8. The van der Waals surface area contributed by atoms with Gasteiger partial charge in [-0.15, -0.1) is 0 Å². The van der Waals surface area contributed by atoms with Gasteiger partial charge >= 0.3 is 6.18 Å². The van der Waals surface area contributed by atoms with E-state index in [0.29, 0.717) is 22.1 Å². The van der Waals surface area contributed by atoms with Crippen LogP contribution in [0.2, 0.25) is 0 Å². The van der Waals surface area contributed by atoms with Crippen LogP contribution in [-0.4, -0.2) is 62.4 Å². The Morgan fingerprint density at radius 3 is 2.80 bits per heavy atom. The standard InChI is InChI=1S/C23H24F3N7O2/c1-35-15-4-2-14(3-5-15)31-21(34)18-11-30-33-7-6-13(8-19(18)33)16-9-27-20-17(16)10-28-22(32-20)29-12-23(24,25)26/h6-11,14-15H,2-5,12H2,1H3,(H,31,34)(H2,27,28,29,32)/t14-,15-. The van der Waals surface area contributed by atoms with Crippen LogP contribution in [0.25, 0.3) is 27.7 Å². The number of methoxy groups -OCH3 is 1. The molecule has 4 aromatic rings. The molecule has 0 saturated heterocycles. The van der Waals surface area contributed by atoms with Gasteiger partial charge in [-0.3, -0.25) is 4.79 Å². The highest BCUT2D eigenvalue weighted by Crippen LogP contribution is 2.30. The Bertz CT molecular complexity index is 1360. The number of hydrogen-bond acceptors (Lipinski definition) is 6. The highest BCUT2D eigenvalue weighted by atomic mass is 19.4. The fraction of sp³-hybridized carbons (Fsp3) is 0.391. The Morgan fingerprint density at radius 2 is 2.06 bits per heavy atom. The second-order valence-electron chi connectivity index (χ2n) is 8.61. The topological polar surface area (TPSA) is 109 Å². The molecule has 0 atom stereocenters. The molecule has 1 amide bonds. The molecular formula is C23H24F3N7O2. The van der Waals surface area contributed by atoms with Crippen LogP contribution in [0.15, 0.2) is 36.9 Å². The Hall–Kier alpha value is -3.67. The average molecular weight is 487 g/mol. The summed E-state index contributed by atoms with van der Waals surface area (Å²) >= 11 is 0. The van der Waals surface area contributed by atoms with Gasteiger partial charge in [0.25, 0.3) is 5.91 Å². The maximum Gasteiger partial charge on any atom is 0.405 e. The van der Waals surface area contributed by atoms with Crippen molar-refractivity contribution in [3.8, 4) is 11.1 Å². The summed E-state index contributed by atoms with van der Waals surface area (Å²) in [5.74, 6) is -0.298. The van der Waals surface area contributed by atoms with Gasteiger partial charge in [0, 0.05) is 42.7 Å². The number of fused-ring (bicyclic) bond motifs is 2. The van der Waals surface area contributed by atoms with Crippen molar-refractivity contribution in [2.75, 3.05) is 19.0 Å². The van der Waals surface area contributed by atoms with Gasteiger partial charge in [0.2, 0.25) is 5.95 Å². The minimum Gasteiger partial charge on any atom is -0.381 e. The number of halogens is 3. The zero-order valence-electron chi connectivity index (χ0n) is 18.9. The lowest BCUT2D eigenvalue weighted by molar-refractivity contribution is -0.115. The molecule has 1 fully saturated rings. The van der Waals surface area contributed by atoms with Crippen molar-refractivity contribution in [1.29, 1.82) is 0 Å². The quantitative estimate of drug-likeness (QED) is 0.380. The minimum absolute atomic E-state index is 0.0953. The zero-order chi connectivity index (χ0) is 24.6. The Balaban J connectivity index is 1.38. The molecule has 1 saturated carbocycles. The molecule has 184 valence electrons. The monoisotopic (exact) mass is 487 g/mol. The van der Waals surface area contributed by atoms with Gasteiger partial charge in [0.05, 0.1) is 23.4 Å². The molecule has 1 aliphatic carbocycles. The third-order valence-corrected chi connectivity index (χ3v) is 6.30. The number of anilines is 1. The summed E-state index contributed by atoms with van der Waals surface area (Å²) in [4.78, 5) is 24.1. The van der Waals surface area contributed by atoms with Crippen molar-refractivity contribution >= 4 is 28.4 Å². The van der Waals surface area contributed by atoms with E-state index in [1.165, 1.54) is 6.20 Å². The average Bonchev–Trinajstić information content (AvgIpc) is 3.46. The molecule has 4 heterocycles. The molecular weight excluding hydrogens is 463 g/mol. The molecule has 0 bridgehead atoms. The van der Waals surface area contributed by atoms with Crippen molar-refractivity contribution in [3.05, 3.63) is 42.5 Å². The molecule has 9 nitrogen and oxygen atoms in total.